The first-order valence-corrected chi connectivity index (χ1v) is 6.13. The number of hydrogen-bond acceptors (Lipinski definition) is 5. The summed E-state index contributed by atoms with van der Waals surface area (Å²) in [5.74, 6) is 0.603. The number of rotatable bonds is 10. The van der Waals surface area contributed by atoms with E-state index in [9.17, 15) is 5.11 Å². The van der Waals surface area contributed by atoms with Gasteiger partial charge in [-0.15, -0.1) is 6.58 Å². The molecule has 1 aromatic carbocycles. The Labute approximate surface area is 113 Å². The lowest BCUT2D eigenvalue weighted by atomic mass is 10.1. The molecule has 0 heterocycles. The van der Waals surface area contributed by atoms with Crippen molar-refractivity contribution in [3.63, 3.8) is 0 Å². The standard InChI is InChI=1S/C14H20O5/c1-2-5-12-6-3-4-7-14(12)19-18-11-13(16)10-17-9-8-15/h2-4,6-7,13,15-16H,1,5,8-11H2. The molecule has 0 spiro atoms. The van der Waals surface area contributed by atoms with E-state index in [2.05, 4.69) is 6.58 Å². The molecule has 2 N–H and O–H groups in total. The van der Waals surface area contributed by atoms with Gasteiger partial charge in [0.05, 0.1) is 19.8 Å². The zero-order valence-electron chi connectivity index (χ0n) is 10.8. The molecule has 1 atom stereocenters. The van der Waals surface area contributed by atoms with Gasteiger partial charge in [0.2, 0.25) is 0 Å². The number of aliphatic hydroxyl groups is 2. The normalized spacial score (nSPS) is 12.1. The van der Waals surface area contributed by atoms with E-state index in [1.54, 1.807) is 12.1 Å². The van der Waals surface area contributed by atoms with E-state index in [0.29, 0.717) is 12.2 Å². The lowest BCUT2D eigenvalue weighted by molar-refractivity contribution is -0.227. The number of aliphatic hydroxyl groups excluding tert-OH is 2. The molecule has 1 rings (SSSR count). The van der Waals surface area contributed by atoms with Gasteiger partial charge in [0.1, 0.15) is 12.7 Å². The molecule has 0 fully saturated rings. The highest BCUT2D eigenvalue weighted by Crippen LogP contribution is 2.18. The summed E-state index contributed by atoms with van der Waals surface area (Å²) in [6.07, 6.45) is 1.67. The molecule has 0 aliphatic rings. The van der Waals surface area contributed by atoms with Crippen molar-refractivity contribution in [2.75, 3.05) is 26.4 Å². The Morgan fingerprint density at radius 3 is 2.79 bits per heavy atom. The van der Waals surface area contributed by atoms with Crippen molar-refractivity contribution in [2.45, 2.75) is 12.5 Å². The van der Waals surface area contributed by atoms with Crippen LogP contribution in [0.25, 0.3) is 0 Å². The molecule has 1 aromatic rings. The SMILES string of the molecule is C=CCc1ccccc1OOCC(O)COCCO. The fraction of sp³-hybridized carbons (Fsp3) is 0.429. The lowest BCUT2D eigenvalue weighted by Gasteiger charge is -2.12. The predicted molar refractivity (Wildman–Crippen MR) is 70.8 cm³/mol. The molecule has 5 heteroatoms. The molecular formula is C14H20O5. The Balaban J connectivity index is 2.30. The van der Waals surface area contributed by atoms with Crippen molar-refractivity contribution in [1.82, 2.24) is 0 Å². The highest BCUT2D eigenvalue weighted by atomic mass is 17.2. The Morgan fingerprint density at radius 1 is 1.26 bits per heavy atom. The molecule has 0 saturated heterocycles. The van der Waals surface area contributed by atoms with Gasteiger partial charge in [-0.1, -0.05) is 24.3 Å². The maximum Gasteiger partial charge on any atom is 0.168 e. The van der Waals surface area contributed by atoms with Crippen molar-refractivity contribution in [2.24, 2.45) is 0 Å². The Bertz CT molecular complexity index is 367. The van der Waals surface area contributed by atoms with Gasteiger partial charge >= 0.3 is 0 Å². The molecule has 0 aliphatic heterocycles. The fourth-order valence-electron chi connectivity index (χ4n) is 1.42. The highest BCUT2D eigenvalue weighted by Gasteiger charge is 2.07. The van der Waals surface area contributed by atoms with Gasteiger partial charge in [-0.05, 0) is 12.5 Å². The van der Waals surface area contributed by atoms with Crippen LogP contribution in [0.4, 0.5) is 0 Å². The monoisotopic (exact) mass is 268 g/mol. The molecule has 0 aliphatic carbocycles. The van der Waals surface area contributed by atoms with Crippen molar-refractivity contribution >= 4 is 0 Å². The predicted octanol–water partition coefficient (Wildman–Crippen LogP) is 1.10. The van der Waals surface area contributed by atoms with Crippen molar-refractivity contribution in [3.05, 3.63) is 42.5 Å². The molecule has 1 unspecified atom stereocenters. The number of hydrogen-bond donors (Lipinski definition) is 2. The molecule has 0 bridgehead atoms. The first kappa shape index (κ1) is 15.7. The molecule has 0 aromatic heterocycles. The molecule has 106 valence electrons. The van der Waals surface area contributed by atoms with Crippen LogP contribution in [-0.2, 0) is 16.0 Å². The van der Waals surface area contributed by atoms with Crippen LogP contribution in [0.2, 0.25) is 0 Å². The fourth-order valence-corrected chi connectivity index (χ4v) is 1.42. The molecule has 5 nitrogen and oxygen atoms in total. The molecular weight excluding hydrogens is 248 g/mol. The van der Waals surface area contributed by atoms with Crippen LogP contribution in [0.1, 0.15) is 5.56 Å². The Morgan fingerprint density at radius 2 is 2.05 bits per heavy atom. The largest absolute Gasteiger partial charge is 0.394 e. The third kappa shape index (κ3) is 6.35. The lowest BCUT2D eigenvalue weighted by Crippen LogP contribution is -2.23. The van der Waals surface area contributed by atoms with Crippen LogP contribution in [0.3, 0.4) is 0 Å². The van der Waals surface area contributed by atoms with E-state index in [1.165, 1.54) is 0 Å². The second-order valence-corrected chi connectivity index (χ2v) is 3.92. The minimum absolute atomic E-state index is 0.00610. The molecule has 19 heavy (non-hydrogen) atoms. The van der Waals surface area contributed by atoms with Crippen LogP contribution in [0, 0.1) is 0 Å². The minimum Gasteiger partial charge on any atom is -0.394 e. The third-order valence-electron chi connectivity index (χ3n) is 2.29. The van der Waals surface area contributed by atoms with E-state index in [4.69, 9.17) is 19.6 Å². The summed E-state index contributed by atoms with van der Waals surface area (Å²) in [6, 6.07) is 7.45. The maximum atomic E-state index is 9.50. The van der Waals surface area contributed by atoms with Crippen molar-refractivity contribution in [3.8, 4) is 5.75 Å². The van der Waals surface area contributed by atoms with E-state index in [1.807, 2.05) is 18.2 Å². The highest BCUT2D eigenvalue weighted by molar-refractivity contribution is 5.34. The van der Waals surface area contributed by atoms with E-state index in [-0.39, 0.29) is 26.4 Å². The summed E-state index contributed by atoms with van der Waals surface area (Å²) in [5, 5.41) is 18.0. The summed E-state index contributed by atoms with van der Waals surface area (Å²) in [6.45, 7) is 3.89. The third-order valence-corrected chi connectivity index (χ3v) is 2.29. The first-order chi connectivity index (χ1) is 9.27. The number of benzene rings is 1. The van der Waals surface area contributed by atoms with E-state index < -0.39 is 6.10 Å². The van der Waals surface area contributed by atoms with Gasteiger partial charge in [-0.3, -0.25) is 0 Å². The average Bonchev–Trinajstić information content (AvgIpc) is 2.41. The Kier molecular flexibility index (Phi) is 7.84. The summed E-state index contributed by atoms with van der Waals surface area (Å²) < 4.78 is 4.96. The maximum absolute atomic E-state index is 9.50. The quantitative estimate of drug-likeness (QED) is 0.288. The first-order valence-electron chi connectivity index (χ1n) is 6.13. The van der Waals surface area contributed by atoms with Crippen LogP contribution in [-0.4, -0.2) is 42.7 Å². The second-order valence-electron chi connectivity index (χ2n) is 3.92. The van der Waals surface area contributed by atoms with Gasteiger partial charge in [-0.2, -0.15) is 4.89 Å². The van der Waals surface area contributed by atoms with Crippen molar-refractivity contribution < 1.29 is 24.7 Å². The average molecular weight is 268 g/mol. The topological polar surface area (TPSA) is 68.2 Å². The van der Waals surface area contributed by atoms with Crippen LogP contribution >= 0.6 is 0 Å². The summed E-state index contributed by atoms with van der Waals surface area (Å²) in [4.78, 5) is 10.1. The summed E-state index contributed by atoms with van der Waals surface area (Å²) >= 11 is 0. The van der Waals surface area contributed by atoms with E-state index in [0.717, 1.165) is 5.56 Å². The molecule has 0 radical (unpaired) electrons. The molecule has 0 saturated carbocycles. The smallest absolute Gasteiger partial charge is 0.168 e. The van der Waals surface area contributed by atoms with E-state index >= 15 is 0 Å². The number of allylic oxidation sites excluding steroid dienone is 1. The van der Waals surface area contributed by atoms with Crippen LogP contribution in [0.15, 0.2) is 36.9 Å². The number of ether oxygens (including phenoxy) is 1. The molecule has 0 amide bonds. The summed E-state index contributed by atoms with van der Waals surface area (Å²) in [7, 11) is 0. The zero-order chi connectivity index (χ0) is 13.9. The van der Waals surface area contributed by atoms with Gasteiger partial charge in [-0.25, -0.2) is 0 Å². The van der Waals surface area contributed by atoms with Crippen LogP contribution < -0.4 is 4.89 Å². The zero-order valence-corrected chi connectivity index (χ0v) is 10.8. The van der Waals surface area contributed by atoms with Gasteiger partial charge in [0, 0.05) is 5.56 Å². The van der Waals surface area contributed by atoms with Gasteiger partial charge in [0.15, 0.2) is 5.75 Å². The van der Waals surface area contributed by atoms with Crippen molar-refractivity contribution in [1.29, 1.82) is 0 Å². The van der Waals surface area contributed by atoms with Crippen LogP contribution in [0.5, 0.6) is 5.75 Å². The van der Waals surface area contributed by atoms with Gasteiger partial charge < -0.3 is 19.8 Å². The Hall–Kier alpha value is -1.40. The second kappa shape index (κ2) is 9.52. The van der Waals surface area contributed by atoms with Gasteiger partial charge in [0.25, 0.3) is 0 Å². The summed E-state index contributed by atoms with van der Waals surface area (Å²) in [5.41, 5.74) is 0.962. The number of para-hydroxylation sites is 1. The minimum atomic E-state index is -0.793.